The van der Waals surface area contributed by atoms with Crippen molar-refractivity contribution >= 4 is 11.8 Å². The van der Waals surface area contributed by atoms with Gasteiger partial charge in [-0.1, -0.05) is 29.1 Å². The summed E-state index contributed by atoms with van der Waals surface area (Å²) in [6, 6.07) is 8.81. The van der Waals surface area contributed by atoms with Crippen LogP contribution in [0, 0.1) is 0 Å². The number of rotatable bonds is 6. The van der Waals surface area contributed by atoms with Gasteiger partial charge in [0.2, 0.25) is 11.7 Å². The van der Waals surface area contributed by atoms with Crippen molar-refractivity contribution in [1.82, 2.24) is 29.9 Å². The molecule has 11 heteroatoms. The van der Waals surface area contributed by atoms with E-state index in [9.17, 15) is 13.2 Å². The Labute approximate surface area is 178 Å². The van der Waals surface area contributed by atoms with Crippen LogP contribution in [0.2, 0.25) is 0 Å². The molecule has 0 radical (unpaired) electrons. The molecule has 0 N–H and O–H groups in total. The summed E-state index contributed by atoms with van der Waals surface area (Å²) in [7, 11) is 0. The van der Waals surface area contributed by atoms with E-state index in [-0.39, 0.29) is 5.82 Å². The average Bonchev–Trinajstić information content (AvgIpc) is 3.34. The highest BCUT2D eigenvalue weighted by molar-refractivity contribution is 7.98. The standard InChI is InChI=1S/C20H15F3N6OS/c21-20(22,23)14-5-3-12(4-6-14)17-25-16(30-28-17)11-31-19-27-26-18(29(19)15-7-8-15)13-2-1-9-24-10-13/h1-6,9-10,15H,7-8,11H2. The normalized spacial score (nSPS) is 14.2. The van der Waals surface area contributed by atoms with Gasteiger partial charge in [0.1, 0.15) is 0 Å². The van der Waals surface area contributed by atoms with Crippen LogP contribution in [0.15, 0.2) is 58.5 Å². The van der Waals surface area contributed by atoms with E-state index in [0.717, 1.165) is 41.5 Å². The minimum Gasteiger partial charge on any atom is -0.338 e. The number of thioether (sulfide) groups is 1. The van der Waals surface area contributed by atoms with E-state index >= 15 is 0 Å². The number of pyridine rings is 1. The highest BCUT2D eigenvalue weighted by atomic mass is 32.2. The minimum atomic E-state index is -4.39. The van der Waals surface area contributed by atoms with Crippen molar-refractivity contribution in [3.63, 3.8) is 0 Å². The van der Waals surface area contributed by atoms with Crippen LogP contribution in [-0.2, 0) is 11.9 Å². The molecule has 0 spiro atoms. The average molecular weight is 444 g/mol. The lowest BCUT2D eigenvalue weighted by Gasteiger charge is -2.07. The summed E-state index contributed by atoms with van der Waals surface area (Å²) in [5.41, 5.74) is 0.628. The molecule has 0 bridgehead atoms. The Bertz CT molecular complexity index is 1190. The van der Waals surface area contributed by atoms with E-state index in [4.69, 9.17) is 4.52 Å². The van der Waals surface area contributed by atoms with E-state index < -0.39 is 11.7 Å². The lowest BCUT2D eigenvalue weighted by molar-refractivity contribution is -0.137. The van der Waals surface area contributed by atoms with Crippen LogP contribution in [0.1, 0.15) is 30.3 Å². The van der Waals surface area contributed by atoms with Crippen molar-refractivity contribution in [2.24, 2.45) is 0 Å². The van der Waals surface area contributed by atoms with E-state index in [2.05, 4.69) is 29.9 Å². The van der Waals surface area contributed by atoms with Gasteiger partial charge in [-0.25, -0.2) is 0 Å². The zero-order valence-corrected chi connectivity index (χ0v) is 16.8. The third-order valence-corrected chi connectivity index (χ3v) is 5.69. The second kappa shape index (κ2) is 7.80. The first kappa shape index (κ1) is 19.7. The van der Waals surface area contributed by atoms with Crippen LogP contribution in [0.3, 0.4) is 0 Å². The minimum absolute atomic E-state index is 0.240. The van der Waals surface area contributed by atoms with Crippen LogP contribution < -0.4 is 0 Å². The lowest BCUT2D eigenvalue weighted by Crippen LogP contribution is -2.04. The molecule has 0 aliphatic heterocycles. The van der Waals surface area contributed by atoms with Gasteiger partial charge in [0.25, 0.3) is 0 Å². The van der Waals surface area contributed by atoms with E-state index in [1.807, 2.05) is 12.1 Å². The third kappa shape index (κ3) is 4.18. The molecule has 1 aliphatic rings. The molecular formula is C20H15F3N6OS. The number of aromatic nitrogens is 6. The summed E-state index contributed by atoms with van der Waals surface area (Å²) in [6.07, 6.45) is 1.21. The van der Waals surface area contributed by atoms with Gasteiger partial charge in [0, 0.05) is 29.6 Å². The van der Waals surface area contributed by atoms with Gasteiger partial charge < -0.3 is 4.52 Å². The predicted octanol–water partition coefficient (Wildman–Crippen LogP) is 5.04. The fourth-order valence-electron chi connectivity index (χ4n) is 3.09. The fraction of sp³-hybridized carbons (Fsp3) is 0.250. The van der Waals surface area contributed by atoms with Crippen LogP contribution in [-0.4, -0.2) is 29.9 Å². The Morgan fingerprint density at radius 2 is 1.87 bits per heavy atom. The summed E-state index contributed by atoms with van der Waals surface area (Å²) >= 11 is 1.42. The Morgan fingerprint density at radius 1 is 1.06 bits per heavy atom. The molecule has 0 atom stereocenters. The Kier molecular flexibility index (Phi) is 4.97. The highest BCUT2D eigenvalue weighted by Crippen LogP contribution is 2.41. The maximum atomic E-state index is 12.7. The molecule has 1 saturated carbocycles. The Balaban J connectivity index is 1.32. The summed E-state index contributed by atoms with van der Waals surface area (Å²) in [5.74, 6) is 1.73. The molecule has 5 rings (SSSR count). The number of hydrogen-bond acceptors (Lipinski definition) is 7. The van der Waals surface area contributed by atoms with Crippen LogP contribution in [0.25, 0.3) is 22.8 Å². The predicted molar refractivity (Wildman–Crippen MR) is 106 cm³/mol. The first-order chi connectivity index (χ1) is 15.0. The number of hydrogen-bond donors (Lipinski definition) is 0. The molecule has 0 unspecified atom stereocenters. The second-order valence-electron chi connectivity index (χ2n) is 7.02. The smallest absolute Gasteiger partial charge is 0.338 e. The van der Waals surface area contributed by atoms with Gasteiger partial charge in [-0.3, -0.25) is 9.55 Å². The molecule has 1 aromatic carbocycles. The first-order valence-corrected chi connectivity index (χ1v) is 10.5. The zero-order valence-electron chi connectivity index (χ0n) is 16.0. The van der Waals surface area contributed by atoms with Crippen LogP contribution in [0.5, 0.6) is 0 Å². The molecule has 31 heavy (non-hydrogen) atoms. The molecule has 1 aliphatic carbocycles. The van der Waals surface area contributed by atoms with Gasteiger partial charge in [0.05, 0.1) is 11.3 Å². The molecule has 0 saturated heterocycles. The molecule has 3 heterocycles. The maximum absolute atomic E-state index is 12.7. The summed E-state index contributed by atoms with van der Waals surface area (Å²) in [6.45, 7) is 0. The molecule has 0 amide bonds. The number of nitrogens with zero attached hydrogens (tertiary/aromatic N) is 6. The first-order valence-electron chi connectivity index (χ1n) is 9.47. The third-order valence-electron chi connectivity index (χ3n) is 4.76. The summed E-state index contributed by atoms with van der Waals surface area (Å²) in [5, 5.41) is 13.3. The number of alkyl halides is 3. The van der Waals surface area contributed by atoms with Gasteiger partial charge in [-0.15, -0.1) is 10.2 Å². The van der Waals surface area contributed by atoms with Crippen molar-refractivity contribution in [2.75, 3.05) is 0 Å². The molecule has 4 aromatic rings. The number of halogens is 3. The Hall–Kier alpha value is -3.21. The van der Waals surface area contributed by atoms with Gasteiger partial charge in [-0.05, 0) is 37.1 Å². The molecule has 1 fully saturated rings. The number of benzene rings is 1. The van der Waals surface area contributed by atoms with Gasteiger partial charge in [0.15, 0.2) is 11.0 Å². The van der Waals surface area contributed by atoms with Crippen molar-refractivity contribution in [1.29, 1.82) is 0 Å². The van der Waals surface area contributed by atoms with Crippen molar-refractivity contribution in [2.45, 2.75) is 36.0 Å². The summed E-state index contributed by atoms with van der Waals surface area (Å²) in [4.78, 5) is 8.45. The van der Waals surface area contributed by atoms with Crippen molar-refractivity contribution in [3.8, 4) is 22.8 Å². The topological polar surface area (TPSA) is 82.5 Å². The Morgan fingerprint density at radius 3 is 2.55 bits per heavy atom. The molecule has 158 valence electrons. The van der Waals surface area contributed by atoms with Crippen molar-refractivity contribution < 1.29 is 17.7 Å². The highest BCUT2D eigenvalue weighted by Gasteiger charge is 2.31. The monoisotopic (exact) mass is 444 g/mol. The second-order valence-corrected chi connectivity index (χ2v) is 7.97. The molecular weight excluding hydrogens is 429 g/mol. The molecule has 3 aromatic heterocycles. The van der Waals surface area contributed by atoms with Crippen molar-refractivity contribution in [3.05, 3.63) is 60.2 Å². The fourth-order valence-corrected chi connectivity index (χ4v) is 3.94. The van der Waals surface area contributed by atoms with E-state index in [0.29, 0.717) is 23.2 Å². The van der Waals surface area contributed by atoms with Crippen LogP contribution >= 0.6 is 11.8 Å². The van der Waals surface area contributed by atoms with Gasteiger partial charge in [-0.2, -0.15) is 18.2 Å². The maximum Gasteiger partial charge on any atom is 0.416 e. The van der Waals surface area contributed by atoms with E-state index in [1.165, 1.54) is 23.9 Å². The van der Waals surface area contributed by atoms with Crippen LogP contribution in [0.4, 0.5) is 13.2 Å². The zero-order chi connectivity index (χ0) is 21.4. The lowest BCUT2D eigenvalue weighted by atomic mass is 10.1. The quantitative estimate of drug-likeness (QED) is 0.386. The van der Waals surface area contributed by atoms with E-state index in [1.54, 1.807) is 12.4 Å². The summed E-state index contributed by atoms with van der Waals surface area (Å²) < 4.78 is 45.5. The SMILES string of the molecule is FC(F)(F)c1ccc(-c2noc(CSc3nnc(-c4cccnc4)n3C3CC3)n2)cc1. The van der Waals surface area contributed by atoms with Gasteiger partial charge >= 0.3 is 6.18 Å². The largest absolute Gasteiger partial charge is 0.416 e. The molecule has 7 nitrogen and oxygen atoms in total.